The number of likely N-dealkylation sites (N-methyl/N-ethyl adjacent to an activating group) is 1. The molecule has 1 aromatic carbocycles. The first kappa shape index (κ1) is 15.7. The van der Waals surface area contributed by atoms with Gasteiger partial charge in [-0.3, -0.25) is 4.90 Å². The zero-order chi connectivity index (χ0) is 14.5. The van der Waals surface area contributed by atoms with Gasteiger partial charge in [-0.15, -0.1) is 0 Å². The van der Waals surface area contributed by atoms with Gasteiger partial charge in [-0.2, -0.15) is 0 Å². The number of hydrogen-bond donors (Lipinski definition) is 1. The van der Waals surface area contributed by atoms with Crippen LogP contribution in [0.2, 0.25) is 5.02 Å². The zero-order valence-corrected chi connectivity index (χ0v) is 12.6. The Morgan fingerprint density at radius 1 is 1.50 bits per heavy atom. The Balaban J connectivity index is 2.07. The van der Waals surface area contributed by atoms with Crippen molar-refractivity contribution < 1.29 is 9.13 Å². The summed E-state index contributed by atoms with van der Waals surface area (Å²) in [5.74, 6) is -0.263. The fraction of sp³-hybridized carbons (Fsp3) is 0.600. The van der Waals surface area contributed by atoms with Crippen LogP contribution in [0.4, 0.5) is 4.39 Å². The number of nitrogens with two attached hydrogens (primary N) is 1. The Labute approximate surface area is 124 Å². The predicted molar refractivity (Wildman–Crippen MR) is 79.4 cm³/mol. The van der Waals surface area contributed by atoms with Gasteiger partial charge < -0.3 is 10.5 Å². The Morgan fingerprint density at radius 2 is 2.30 bits per heavy atom. The van der Waals surface area contributed by atoms with E-state index in [2.05, 4.69) is 4.90 Å². The van der Waals surface area contributed by atoms with Crippen molar-refractivity contribution in [3.05, 3.63) is 34.6 Å². The lowest BCUT2D eigenvalue weighted by Gasteiger charge is -2.32. The lowest BCUT2D eigenvalue weighted by molar-refractivity contribution is -0.00799. The Bertz CT molecular complexity index is 438. The molecule has 20 heavy (non-hydrogen) atoms. The highest BCUT2D eigenvalue weighted by Crippen LogP contribution is 2.26. The molecule has 112 valence electrons. The van der Waals surface area contributed by atoms with E-state index in [4.69, 9.17) is 22.1 Å². The van der Waals surface area contributed by atoms with E-state index in [1.165, 1.54) is 12.5 Å². The molecule has 1 saturated heterocycles. The minimum Gasteiger partial charge on any atom is -0.377 e. The van der Waals surface area contributed by atoms with Crippen molar-refractivity contribution in [1.82, 2.24) is 4.90 Å². The fourth-order valence-corrected chi connectivity index (χ4v) is 2.89. The van der Waals surface area contributed by atoms with Crippen molar-refractivity contribution in [1.29, 1.82) is 0 Å². The van der Waals surface area contributed by atoms with Crippen LogP contribution in [0.15, 0.2) is 18.2 Å². The standard InChI is InChI=1S/C15H22ClFN2O/c1-19(10-12-4-2-3-7-20-12)15(9-18)13-8-11(16)5-6-14(13)17/h5-6,8,12,15H,2-4,7,9-10,18H2,1H3. The van der Waals surface area contributed by atoms with Gasteiger partial charge in [-0.05, 0) is 44.5 Å². The zero-order valence-electron chi connectivity index (χ0n) is 11.8. The van der Waals surface area contributed by atoms with E-state index in [1.54, 1.807) is 12.1 Å². The van der Waals surface area contributed by atoms with Crippen molar-refractivity contribution in [3.63, 3.8) is 0 Å². The van der Waals surface area contributed by atoms with Crippen molar-refractivity contribution >= 4 is 11.6 Å². The van der Waals surface area contributed by atoms with Gasteiger partial charge in [-0.25, -0.2) is 4.39 Å². The highest BCUT2D eigenvalue weighted by Gasteiger charge is 2.23. The van der Waals surface area contributed by atoms with Gasteiger partial charge in [-0.1, -0.05) is 11.6 Å². The van der Waals surface area contributed by atoms with Crippen LogP contribution in [0.5, 0.6) is 0 Å². The minimum atomic E-state index is -0.263. The molecule has 3 nitrogen and oxygen atoms in total. The third kappa shape index (κ3) is 3.92. The molecule has 1 aromatic rings. The summed E-state index contributed by atoms with van der Waals surface area (Å²) >= 11 is 5.96. The van der Waals surface area contributed by atoms with Crippen molar-refractivity contribution in [2.24, 2.45) is 5.73 Å². The number of benzene rings is 1. The second-order valence-corrected chi connectivity index (χ2v) is 5.78. The molecule has 0 radical (unpaired) electrons. The summed E-state index contributed by atoms with van der Waals surface area (Å²) in [4.78, 5) is 2.06. The van der Waals surface area contributed by atoms with E-state index in [0.717, 1.165) is 26.0 Å². The average Bonchev–Trinajstić information content (AvgIpc) is 2.44. The second kappa shape index (κ2) is 7.36. The van der Waals surface area contributed by atoms with E-state index < -0.39 is 0 Å². The largest absolute Gasteiger partial charge is 0.377 e. The monoisotopic (exact) mass is 300 g/mol. The lowest BCUT2D eigenvalue weighted by atomic mass is 10.0. The Morgan fingerprint density at radius 3 is 2.95 bits per heavy atom. The molecular weight excluding hydrogens is 279 g/mol. The van der Waals surface area contributed by atoms with Crippen molar-refractivity contribution in [2.75, 3.05) is 26.7 Å². The van der Waals surface area contributed by atoms with Crippen LogP contribution in [0, 0.1) is 5.82 Å². The molecule has 0 bridgehead atoms. The highest BCUT2D eigenvalue weighted by molar-refractivity contribution is 6.30. The molecule has 1 aliphatic heterocycles. The molecule has 1 fully saturated rings. The molecule has 5 heteroatoms. The lowest BCUT2D eigenvalue weighted by Crippen LogP contribution is -2.38. The van der Waals surface area contributed by atoms with Crippen LogP contribution in [0.1, 0.15) is 30.9 Å². The molecule has 1 heterocycles. The van der Waals surface area contributed by atoms with E-state index in [0.29, 0.717) is 17.1 Å². The van der Waals surface area contributed by atoms with E-state index in [-0.39, 0.29) is 18.0 Å². The summed E-state index contributed by atoms with van der Waals surface area (Å²) in [5.41, 5.74) is 6.39. The minimum absolute atomic E-state index is 0.181. The van der Waals surface area contributed by atoms with Crippen LogP contribution in [-0.2, 0) is 4.74 Å². The molecule has 0 amide bonds. The third-order valence-electron chi connectivity index (χ3n) is 3.84. The summed E-state index contributed by atoms with van der Waals surface area (Å²) in [5, 5.41) is 0.530. The third-order valence-corrected chi connectivity index (χ3v) is 4.07. The molecule has 2 unspecified atom stereocenters. The number of ether oxygens (including phenoxy) is 1. The summed E-state index contributed by atoms with van der Waals surface area (Å²) < 4.78 is 19.7. The van der Waals surface area contributed by atoms with E-state index in [9.17, 15) is 4.39 Å². The first-order valence-electron chi connectivity index (χ1n) is 7.08. The molecule has 0 spiro atoms. The molecular formula is C15H22ClFN2O. The topological polar surface area (TPSA) is 38.5 Å². The Hall–Kier alpha value is -0.680. The number of hydrogen-bond acceptors (Lipinski definition) is 3. The highest BCUT2D eigenvalue weighted by atomic mass is 35.5. The van der Waals surface area contributed by atoms with Gasteiger partial charge in [0.2, 0.25) is 0 Å². The molecule has 2 rings (SSSR count). The molecule has 0 saturated carbocycles. The van der Waals surface area contributed by atoms with Gasteiger partial charge in [0.1, 0.15) is 5.82 Å². The predicted octanol–water partition coefficient (Wildman–Crippen LogP) is 2.98. The maximum Gasteiger partial charge on any atom is 0.128 e. The second-order valence-electron chi connectivity index (χ2n) is 5.35. The number of halogens is 2. The normalized spacial score (nSPS) is 21.1. The van der Waals surface area contributed by atoms with Gasteiger partial charge in [0, 0.05) is 36.3 Å². The molecule has 0 aliphatic carbocycles. The fourth-order valence-electron chi connectivity index (χ4n) is 2.71. The molecule has 1 aliphatic rings. The van der Waals surface area contributed by atoms with Crippen LogP contribution < -0.4 is 5.73 Å². The molecule has 2 N–H and O–H groups in total. The smallest absolute Gasteiger partial charge is 0.128 e. The van der Waals surface area contributed by atoms with Crippen LogP contribution in [0.3, 0.4) is 0 Å². The van der Waals surface area contributed by atoms with Crippen LogP contribution in [0.25, 0.3) is 0 Å². The van der Waals surface area contributed by atoms with Crippen molar-refractivity contribution in [2.45, 2.75) is 31.4 Å². The number of rotatable bonds is 5. The first-order chi connectivity index (χ1) is 9.61. The van der Waals surface area contributed by atoms with E-state index in [1.807, 2.05) is 7.05 Å². The van der Waals surface area contributed by atoms with Gasteiger partial charge in [0.05, 0.1) is 6.10 Å². The van der Waals surface area contributed by atoms with E-state index >= 15 is 0 Å². The maximum absolute atomic E-state index is 14.0. The first-order valence-corrected chi connectivity index (χ1v) is 7.46. The summed E-state index contributed by atoms with van der Waals surface area (Å²) in [6.07, 6.45) is 3.59. The summed E-state index contributed by atoms with van der Waals surface area (Å²) in [6.45, 7) is 1.92. The maximum atomic E-state index is 14.0. The van der Waals surface area contributed by atoms with Gasteiger partial charge in [0.15, 0.2) is 0 Å². The summed E-state index contributed by atoms with van der Waals surface area (Å²) in [7, 11) is 1.95. The SMILES string of the molecule is CN(CC1CCCCO1)C(CN)c1cc(Cl)ccc1F. The van der Waals surface area contributed by atoms with Crippen LogP contribution in [-0.4, -0.2) is 37.7 Å². The average molecular weight is 301 g/mol. The van der Waals surface area contributed by atoms with Crippen LogP contribution >= 0.6 is 11.6 Å². The van der Waals surface area contributed by atoms with Gasteiger partial charge >= 0.3 is 0 Å². The van der Waals surface area contributed by atoms with Gasteiger partial charge in [0.25, 0.3) is 0 Å². The quantitative estimate of drug-likeness (QED) is 0.908. The van der Waals surface area contributed by atoms with Crippen molar-refractivity contribution in [3.8, 4) is 0 Å². The summed E-state index contributed by atoms with van der Waals surface area (Å²) in [6, 6.07) is 4.43. The number of nitrogens with zero attached hydrogens (tertiary/aromatic N) is 1. The molecule has 0 aromatic heterocycles. The Kier molecular flexibility index (Phi) is 5.78. The molecule has 2 atom stereocenters.